The van der Waals surface area contributed by atoms with E-state index in [1.54, 1.807) is 0 Å². The van der Waals surface area contributed by atoms with Gasteiger partial charge in [-0.1, -0.05) is 0 Å². The van der Waals surface area contributed by atoms with Crippen LogP contribution in [-0.2, 0) is 4.74 Å². The number of benzene rings is 1. The minimum absolute atomic E-state index is 0.0982. The Balaban J connectivity index is 2.32. The van der Waals surface area contributed by atoms with E-state index in [1.165, 1.54) is 39.8 Å². The van der Waals surface area contributed by atoms with Crippen LogP contribution in [0, 0.1) is 34.6 Å². The molecule has 0 amide bonds. The van der Waals surface area contributed by atoms with Crippen molar-refractivity contribution in [2.24, 2.45) is 5.73 Å². The molecule has 2 rings (SSSR count). The highest BCUT2D eigenvalue weighted by Crippen LogP contribution is 2.32. The molecule has 1 fully saturated rings. The number of rotatable bonds is 3. The molecular weight excluding hydrogens is 234 g/mol. The van der Waals surface area contributed by atoms with Gasteiger partial charge >= 0.3 is 0 Å². The quantitative estimate of drug-likeness (QED) is 0.898. The summed E-state index contributed by atoms with van der Waals surface area (Å²) in [5.74, 6) is 0. The fourth-order valence-electron chi connectivity index (χ4n) is 3.32. The molecule has 0 saturated carbocycles. The van der Waals surface area contributed by atoms with Crippen LogP contribution in [-0.4, -0.2) is 12.7 Å². The van der Waals surface area contributed by atoms with Crippen LogP contribution in [0.25, 0.3) is 0 Å². The molecule has 1 aromatic rings. The largest absolute Gasteiger partial charge is 0.378 e. The van der Waals surface area contributed by atoms with E-state index in [-0.39, 0.29) is 6.04 Å². The molecule has 2 N–H and O–H groups in total. The van der Waals surface area contributed by atoms with Crippen LogP contribution in [0.4, 0.5) is 0 Å². The molecule has 2 nitrogen and oxygen atoms in total. The standard InChI is InChI=1S/C17H27NO/c1-10-11(2)13(4)17(14(5)12(10)3)16(18)9-15-7-6-8-19-15/h15-16H,6-9,18H2,1-5H3. The summed E-state index contributed by atoms with van der Waals surface area (Å²) in [6.45, 7) is 11.9. The maximum atomic E-state index is 6.48. The molecular formula is C17H27NO. The van der Waals surface area contributed by atoms with Crippen molar-refractivity contribution >= 4 is 0 Å². The molecule has 2 atom stereocenters. The average Bonchev–Trinajstić information content (AvgIpc) is 2.87. The van der Waals surface area contributed by atoms with Crippen molar-refractivity contribution in [2.75, 3.05) is 6.61 Å². The number of ether oxygens (including phenoxy) is 1. The second-order valence-electron chi connectivity index (χ2n) is 6.02. The second kappa shape index (κ2) is 5.64. The van der Waals surface area contributed by atoms with E-state index in [9.17, 15) is 0 Å². The monoisotopic (exact) mass is 261 g/mol. The summed E-state index contributed by atoms with van der Waals surface area (Å²) in [5.41, 5.74) is 14.7. The smallest absolute Gasteiger partial charge is 0.0594 e. The van der Waals surface area contributed by atoms with E-state index >= 15 is 0 Å². The minimum atomic E-state index is 0.0982. The predicted octanol–water partition coefficient (Wildman–Crippen LogP) is 3.80. The van der Waals surface area contributed by atoms with Crippen LogP contribution in [0.15, 0.2) is 0 Å². The molecule has 19 heavy (non-hydrogen) atoms. The first kappa shape index (κ1) is 14.5. The zero-order valence-corrected chi connectivity index (χ0v) is 13.0. The molecule has 1 heterocycles. The summed E-state index contributed by atoms with van der Waals surface area (Å²) in [6, 6.07) is 0.0982. The molecule has 0 bridgehead atoms. The van der Waals surface area contributed by atoms with Crippen molar-refractivity contribution in [3.63, 3.8) is 0 Å². The highest BCUT2D eigenvalue weighted by molar-refractivity contribution is 5.50. The Bertz CT molecular complexity index is 444. The third-order valence-corrected chi connectivity index (χ3v) is 4.97. The third kappa shape index (κ3) is 2.70. The third-order valence-electron chi connectivity index (χ3n) is 4.97. The van der Waals surface area contributed by atoms with E-state index in [1.807, 2.05) is 0 Å². The van der Waals surface area contributed by atoms with Gasteiger partial charge in [0.25, 0.3) is 0 Å². The van der Waals surface area contributed by atoms with E-state index in [0.717, 1.165) is 19.4 Å². The van der Waals surface area contributed by atoms with Crippen molar-refractivity contribution in [2.45, 2.75) is 66.0 Å². The molecule has 2 unspecified atom stereocenters. The molecule has 1 aliphatic heterocycles. The van der Waals surface area contributed by atoms with Crippen molar-refractivity contribution in [3.05, 3.63) is 33.4 Å². The lowest BCUT2D eigenvalue weighted by Gasteiger charge is -2.24. The fraction of sp³-hybridized carbons (Fsp3) is 0.647. The lowest BCUT2D eigenvalue weighted by molar-refractivity contribution is 0.0982. The minimum Gasteiger partial charge on any atom is -0.378 e. The number of hydrogen-bond donors (Lipinski definition) is 1. The van der Waals surface area contributed by atoms with Crippen LogP contribution < -0.4 is 5.73 Å². The summed E-state index contributed by atoms with van der Waals surface area (Å²) in [4.78, 5) is 0. The van der Waals surface area contributed by atoms with Gasteiger partial charge in [-0.2, -0.15) is 0 Å². The fourth-order valence-corrected chi connectivity index (χ4v) is 3.32. The summed E-state index contributed by atoms with van der Waals surface area (Å²) < 4.78 is 5.73. The maximum absolute atomic E-state index is 6.48. The van der Waals surface area contributed by atoms with Crippen molar-refractivity contribution in [3.8, 4) is 0 Å². The van der Waals surface area contributed by atoms with Gasteiger partial charge in [-0.25, -0.2) is 0 Å². The SMILES string of the molecule is Cc1c(C)c(C)c(C(N)CC2CCCO2)c(C)c1C. The van der Waals surface area contributed by atoms with E-state index in [4.69, 9.17) is 10.5 Å². The van der Waals surface area contributed by atoms with E-state index in [2.05, 4.69) is 34.6 Å². The molecule has 0 radical (unpaired) electrons. The first-order chi connectivity index (χ1) is 8.93. The lowest BCUT2D eigenvalue weighted by Crippen LogP contribution is -2.21. The van der Waals surface area contributed by atoms with Gasteiger partial charge in [-0.3, -0.25) is 0 Å². The summed E-state index contributed by atoms with van der Waals surface area (Å²) >= 11 is 0. The van der Waals surface area contributed by atoms with Gasteiger partial charge in [0.15, 0.2) is 0 Å². The van der Waals surface area contributed by atoms with Crippen molar-refractivity contribution in [1.29, 1.82) is 0 Å². The second-order valence-corrected chi connectivity index (χ2v) is 6.02. The van der Waals surface area contributed by atoms with Crippen LogP contribution >= 0.6 is 0 Å². The van der Waals surface area contributed by atoms with Crippen LogP contribution in [0.5, 0.6) is 0 Å². The predicted molar refractivity (Wildman–Crippen MR) is 80.6 cm³/mol. The maximum Gasteiger partial charge on any atom is 0.0594 e. The highest BCUT2D eigenvalue weighted by atomic mass is 16.5. The Morgan fingerprint density at radius 1 is 1.00 bits per heavy atom. The topological polar surface area (TPSA) is 35.2 Å². The molecule has 0 aliphatic carbocycles. The molecule has 2 heteroatoms. The van der Waals surface area contributed by atoms with Gasteiger partial charge in [0.1, 0.15) is 0 Å². The molecule has 0 spiro atoms. The Morgan fingerprint density at radius 3 is 2.00 bits per heavy atom. The molecule has 0 aromatic heterocycles. The Labute approximate surface area is 117 Å². The summed E-state index contributed by atoms with van der Waals surface area (Å²) in [7, 11) is 0. The van der Waals surface area contributed by atoms with Crippen molar-refractivity contribution in [1.82, 2.24) is 0 Å². The number of hydrogen-bond acceptors (Lipinski definition) is 2. The van der Waals surface area contributed by atoms with Crippen LogP contribution in [0.2, 0.25) is 0 Å². The Hall–Kier alpha value is -0.860. The van der Waals surface area contributed by atoms with Gasteiger partial charge in [0.05, 0.1) is 6.10 Å². The molecule has 106 valence electrons. The average molecular weight is 261 g/mol. The molecule has 1 aliphatic rings. The number of nitrogens with two attached hydrogens (primary N) is 1. The Kier molecular flexibility index (Phi) is 4.32. The highest BCUT2D eigenvalue weighted by Gasteiger charge is 2.23. The zero-order chi connectivity index (χ0) is 14.2. The van der Waals surface area contributed by atoms with Gasteiger partial charge in [-0.15, -0.1) is 0 Å². The zero-order valence-electron chi connectivity index (χ0n) is 13.0. The first-order valence-corrected chi connectivity index (χ1v) is 7.37. The summed E-state index contributed by atoms with van der Waals surface area (Å²) in [5, 5.41) is 0. The first-order valence-electron chi connectivity index (χ1n) is 7.37. The van der Waals surface area contributed by atoms with Gasteiger partial charge in [0.2, 0.25) is 0 Å². The van der Waals surface area contributed by atoms with Crippen molar-refractivity contribution < 1.29 is 4.74 Å². The normalized spacial score (nSPS) is 20.8. The van der Waals surface area contributed by atoms with Gasteiger partial charge in [-0.05, 0) is 87.3 Å². The molecule has 1 saturated heterocycles. The van der Waals surface area contributed by atoms with Gasteiger partial charge in [0, 0.05) is 12.6 Å². The van der Waals surface area contributed by atoms with Crippen LogP contribution in [0.1, 0.15) is 58.7 Å². The van der Waals surface area contributed by atoms with Crippen LogP contribution in [0.3, 0.4) is 0 Å². The van der Waals surface area contributed by atoms with Gasteiger partial charge < -0.3 is 10.5 Å². The summed E-state index contributed by atoms with van der Waals surface area (Å²) in [6.07, 6.45) is 3.65. The van der Waals surface area contributed by atoms with E-state index < -0.39 is 0 Å². The lowest BCUT2D eigenvalue weighted by atomic mass is 9.85. The Morgan fingerprint density at radius 2 is 1.53 bits per heavy atom. The molecule has 1 aromatic carbocycles. The van der Waals surface area contributed by atoms with E-state index in [0.29, 0.717) is 6.10 Å².